The van der Waals surface area contributed by atoms with E-state index < -0.39 is 0 Å². The lowest BCUT2D eigenvalue weighted by atomic mass is 10.2. The highest BCUT2D eigenvalue weighted by atomic mass is 16.5. The number of anilines is 1. The fourth-order valence-electron chi connectivity index (χ4n) is 1.67. The summed E-state index contributed by atoms with van der Waals surface area (Å²) < 4.78 is 5.73. The minimum Gasteiger partial charge on any atom is -0.439 e. The lowest BCUT2D eigenvalue weighted by Crippen LogP contribution is -2.08. The maximum absolute atomic E-state index is 5.78. The van der Waals surface area contributed by atoms with Gasteiger partial charge in [0.15, 0.2) is 0 Å². The number of hydrogen-bond donors (Lipinski definition) is 1. The quantitative estimate of drug-likeness (QED) is 0.915. The van der Waals surface area contributed by atoms with Crippen LogP contribution in [0.25, 0.3) is 0 Å². The highest BCUT2D eigenvalue weighted by Crippen LogP contribution is 2.24. The van der Waals surface area contributed by atoms with Gasteiger partial charge in [-0.05, 0) is 24.6 Å². The molecule has 0 aliphatic heterocycles. The Hall–Kier alpha value is -2.07. The molecule has 0 radical (unpaired) electrons. The van der Waals surface area contributed by atoms with Gasteiger partial charge in [-0.2, -0.15) is 0 Å². The Bertz CT molecular complexity index is 535. The second-order valence-corrected chi connectivity index (χ2v) is 4.71. The minimum atomic E-state index is -0.0152. The summed E-state index contributed by atoms with van der Waals surface area (Å²) in [5.74, 6) is 1.34. The largest absolute Gasteiger partial charge is 0.439 e. The van der Waals surface area contributed by atoms with Crippen LogP contribution >= 0.6 is 0 Å². The third-order valence-electron chi connectivity index (χ3n) is 2.84. The fraction of sp³-hybridized carbons (Fsp3) is 0.267. The summed E-state index contributed by atoms with van der Waals surface area (Å²) in [6.07, 6.45) is 1.75. The van der Waals surface area contributed by atoms with Crippen molar-refractivity contribution in [2.45, 2.75) is 13.0 Å². The molecule has 1 aromatic carbocycles. The van der Waals surface area contributed by atoms with Gasteiger partial charge in [0.2, 0.25) is 5.88 Å². The first-order chi connectivity index (χ1) is 9.06. The third-order valence-corrected chi connectivity index (χ3v) is 2.84. The van der Waals surface area contributed by atoms with Crippen molar-refractivity contribution in [1.29, 1.82) is 0 Å². The van der Waals surface area contributed by atoms with Gasteiger partial charge in [0.05, 0.1) is 0 Å². The lowest BCUT2D eigenvalue weighted by Gasteiger charge is -2.13. The zero-order chi connectivity index (χ0) is 13.8. The molecule has 1 atom stereocenters. The van der Waals surface area contributed by atoms with Crippen molar-refractivity contribution in [1.82, 2.24) is 4.98 Å². The van der Waals surface area contributed by atoms with Gasteiger partial charge >= 0.3 is 0 Å². The SMILES string of the molecule is C[C@@H](N)c1ccc(Oc2cccc(N(C)C)c2)nc1. The first kappa shape index (κ1) is 13.4. The van der Waals surface area contributed by atoms with Crippen LogP contribution in [0.1, 0.15) is 18.5 Å². The van der Waals surface area contributed by atoms with Gasteiger partial charge in [-0.25, -0.2) is 4.98 Å². The van der Waals surface area contributed by atoms with E-state index in [1.807, 2.05) is 62.3 Å². The highest BCUT2D eigenvalue weighted by molar-refractivity contribution is 5.50. The molecular weight excluding hydrogens is 238 g/mol. The van der Waals surface area contributed by atoms with E-state index in [2.05, 4.69) is 4.98 Å². The predicted molar refractivity (Wildman–Crippen MR) is 77.7 cm³/mol. The predicted octanol–water partition coefficient (Wildman–Crippen LogP) is 2.96. The molecule has 2 aromatic rings. The van der Waals surface area contributed by atoms with Crippen LogP contribution < -0.4 is 15.4 Å². The zero-order valence-corrected chi connectivity index (χ0v) is 11.5. The Morgan fingerprint density at radius 1 is 1.21 bits per heavy atom. The number of benzene rings is 1. The molecule has 19 heavy (non-hydrogen) atoms. The summed E-state index contributed by atoms with van der Waals surface area (Å²) in [5, 5.41) is 0. The van der Waals surface area contributed by atoms with Crippen LogP contribution in [-0.2, 0) is 0 Å². The van der Waals surface area contributed by atoms with E-state index in [-0.39, 0.29) is 6.04 Å². The Morgan fingerprint density at radius 3 is 2.58 bits per heavy atom. The average Bonchev–Trinajstić information content (AvgIpc) is 2.39. The molecule has 0 spiro atoms. The molecule has 0 unspecified atom stereocenters. The van der Waals surface area contributed by atoms with E-state index in [0.717, 1.165) is 17.0 Å². The smallest absolute Gasteiger partial charge is 0.219 e. The number of pyridine rings is 1. The van der Waals surface area contributed by atoms with Gasteiger partial charge in [-0.15, -0.1) is 0 Å². The molecule has 4 heteroatoms. The number of ether oxygens (including phenoxy) is 1. The number of nitrogens with zero attached hydrogens (tertiary/aromatic N) is 2. The summed E-state index contributed by atoms with van der Waals surface area (Å²) in [5.41, 5.74) is 7.87. The zero-order valence-electron chi connectivity index (χ0n) is 11.5. The van der Waals surface area contributed by atoms with Gasteiger partial charge in [0.25, 0.3) is 0 Å². The molecular formula is C15H19N3O. The molecule has 0 aliphatic carbocycles. The van der Waals surface area contributed by atoms with Crippen LogP contribution in [0.3, 0.4) is 0 Å². The molecule has 1 heterocycles. The van der Waals surface area contributed by atoms with Crippen LogP contribution in [0.2, 0.25) is 0 Å². The normalized spacial score (nSPS) is 12.0. The summed E-state index contributed by atoms with van der Waals surface area (Å²) in [4.78, 5) is 6.28. The van der Waals surface area contributed by atoms with Crippen LogP contribution in [0, 0.1) is 0 Å². The number of aromatic nitrogens is 1. The van der Waals surface area contributed by atoms with E-state index in [1.165, 1.54) is 0 Å². The molecule has 0 saturated carbocycles. The second kappa shape index (κ2) is 5.71. The van der Waals surface area contributed by atoms with E-state index >= 15 is 0 Å². The standard InChI is InChI=1S/C15H19N3O/c1-11(16)12-7-8-15(17-10-12)19-14-6-4-5-13(9-14)18(2)3/h4-11H,16H2,1-3H3/t11-/m1/s1. The maximum Gasteiger partial charge on any atom is 0.219 e. The maximum atomic E-state index is 5.78. The van der Waals surface area contributed by atoms with E-state index in [0.29, 0.717) is 5.88 Å². The van der Waals surface area contributed by atoms with Crippen LogP contribution in [0.4, 0.5) is 5.69 Å². The number of hydrogen-bond acceptors (Lipinski definition) is 4. The fourth-order valence-corrected chi connectivity index (χ4v) is 1.67. The molecule has 0 saturated heterocycles. The molecule has 0 aliphatic rings. The Balaban J connectivity index is 2.14. The van der Waals surface area contributed by atoms with Crippen molar-refractivity contribution in [2.75, 3.05) is 19.0 Å². The first-order valence-corrected chi connectivity index (χ1v) is 6.23. The van der Waals surface area contributed by atoms with Crippen LogP contribution in [0.15, 0.2) is 42.6 Å². The third kappa shape index (κ3) is 3.45. The summed E-state index contributed by atoms with van der Waals surface area (Å²) in [7, 11) is 3.99. The number of rotatable bonds is 4. The lowest BCUT2D eigenvalue weighted by molar-refractivity contribution is 0.462. The van der Waals surface area contributed by atoms with E-state index in [9.17, 15) is 0 Å². The van der Waals surface area contributed by atoms with E-state index in [1.54, 1.807) is 6.20 Å². The molecule has 2 N–H and O–H groups in total. The van der Waals surface area contributed by atoms with Crippen molar-refractivity contribution in [2.24, 2.45) is 5.73 Å². The van der Waals surface area contributed by atoms with Crippen molar-refractivity contribution in [3.63, 3.8) is 0 Å². The summed E-state index contributed by atoms with van der Waals surface area (Å²) in [6, 6.07) is 11.6. The molecule has 100 valence electrons. The summed E-state index contributed by atoms with van der Waals surface area (Å²) in [6.45, 7) is 1.93. The topological polar surface area (TPSA) is 51.4 Å². The molecule has 0 fully saturated rings. The Kier molecular flexibility index (Phi) is 4.02. The Labute approximate surface area is 113 Å². The minimum absolute atomic E-state index is 0.0152. The van der Waals surface area contributed by atoms with Crippen molar-refractivity contribution in [3.05, 3.63) is 48.2 Å². The molecule has 1 aromatic heterocycles. The monoisotopic (exact) mass is 257 g/mol. The number of nitrogens with two attached hydrogens (primary N) is 1. The van der Waals surface area contributed by atoms with Gasteiger partial charge in [-0.3, -0.25) is 0 Å². The molecule has 2 rings (SSSR count). The van der Waals surface area contributed by atoms with Crippen molar-refractivity contribution < 1.29 is 4.74 Å². The van der Waals surface area contributed by atoms with Gasteiger partial charge < -0.3 is 15.4 Å². The summed E-state index contributed by atoms with van der Waals surface area (Å²) >= 11 is 0. The van der Waals surface area contributed by atoms with Crippen molar-refractivity contribution >= 4 is 5.69 Å². The Morgan fingerprint density at radius 2 is 2.00 bits per heavy atom. The molecule has 0 amide bonds. The highest BCUT2D eigenvalue weighted by Gasteiger charge is 2.03. The molecule has 4 nitrogen and oxygen atoms in total. The van der Waals surface area contributed by atoms with Gasteiger partial charge in [0, 0.05) is 44.2 Å². The van der Waals surface area contributed by atoms with Gasteiger partial charge in [0.1, 0.15) is 5.75 Å². The second-order valence-electron chi connectivity index (χ2n) is 4.71. The van der Waals surface area contributed by atoms with E-state index in [4.69, 9.17) is 10.5 Å². The van der Waals surface area contributed by atoms with Crippen LogP contribution in [0.5, 0.6) is 11.6 Å². The molecule has 0 bridgehead atoms. The van der Waals surface area contributed by atoms with Crippen molar-refractivity contribution in [3.8, 4) is 11.6 Å². The van der Waals surface area contributed by atoms with Gasteiger partial charge in [-0.1, -0.05) is 12.1 Å². The van der Waals surface area contributed by atoms with Crippen LogP contribution in [-0.4, -0.2) is 19.1 Å². The first-order valence-electron chi connectivity index (χ1n) is 6.23. The average molecular weight is 257 g/mol.